The summed E-state index contributed by atoms with van der Waals surface area (Å²) < 4.78 is 0. The third-order valence-electron chi connectivity index (χ3n) is 4.48. The summed E-state index contributed by atoms with van der Waals surface area (Å²) in [6.07, 6.45) is 3.36. The van der Waals surface area contributed by atoms with Crippen LogP contribution in [0.15, 0.2) is 54.7 Å². The lowest BCUT2D eigenvalue weighted by Gasteiger charge is -2.35. The van der Waals surface area contributed by atoms with Crippen molar-refractivity contribution in [2.45, 2.75) is 18.9 Å². The second-order valence-electron chi connectivity index (χ2n) is 6.09. The average Bonchev–Trinajstić information content (AvgIpc) is 2.64. The van der Waals surface area contributed by atoms with Gasteiger partial charge in [-0.1, -0.05) is 36.4 Å². The van der Waals surface area contributed by atoms with Gasteiger partial charge in [0.05, 0.1) is 6.10 Å². The van der Waals surface area contributed by atoms with E-state index in [1.54, 1.807) is 0 Å². The number of benzene rings is 1. The van der Waals surface area contributed by atoms with Gasteiger partial charge in [-0.15, -0.1) is 0 Å². The minimum Gasteiger partial charge on any atom is -0.388 e. The number of pyridine rings is 1. The van der Waals surface area contributed by atoms with Gasteiger partial charge in [-0.3, -0.25) is 4.90 Å². The van der Waals surface area contributed by atoms with Gasteiger partial charge < -0.3 is 10.0 Å². The third kappa shape index (κ3) is 4.53. The number of hydrogen-bond donors (Lipinski definition) is 1. The van der Waals surface area contributed by atoms with Gasteiger partial charge in [0.15, 0.2) is 0 Å². The van der Waals surface area contributed by atoms with Crippen LogP contribution in [0, 0.1) is 0 Å². The van der Waals surface area contributed by atoms with Gasteiger partial charge in [0.1, 0.15) is 5.82 Å². The second kappa shape index (κ2) is 8.09. The van der Waals surface area contributed by atoms with E-state index in [-0.39, 0.29) is 6.10 Å². The van der Waals surface area contributed by atoms with Gasteiger partial charge >= 0.3 is 0 Å². The number of rotatable bonds is 6. The molecule has 3 rings (SSSR count). The Morgan fingerprint density at radius 3 is 2.39 bits per heavy atom. The highest BCUT2D eigenvalue weighted by Gasteiger charge is 2.17. The summed E-state index contributed by atoms with van der Waals surface area (Å²) in [4.78, 5) is 9.25. The van der Waals surface area contributed by atoms with Crippen LogP contribution in [0.5, 0.6) is 0 Å². The van der Waals surface area contributed by atoms with Crippen LogP contribution in [0.4, 0.5) is 5.82 Å². The number of nitrogens with zero attached hydrogens (tertiary/aromatic N) is 3. The Hall–Kier alpha value is -1.91. The zero-order valence-corrected chi connectivity index (χ0v) is 13.5. The van der Waals surface area contributed by atoms with Crippen LogP contribution in [0.2, 0.25) is 0 Å². The number of aromatic nitrogens is 1. The molecule has 122 valence electrons. The van der Waals surface area contributed by atoms with Crippen molar-refractivity contribution in [3.63, 3.8) is 0 Å². The molecule has 0 bridgehead atoms. The van der Waals surface area contributed by atoms with Crippen LogP contribution in [0.3, 0.4) is 0 Å². The summed E-state index contributed by atoms with van der Waals surface area (Å²) in [6.45, 7) is 5.24. The molecule has 0 spiro atoms. The number of piperazine rings is 1. The third-order valence-corrected chi connectivity index (χ3v) is 4.48. The van der Waals surface area contributed by atoms with Gasteiger partial charge in [0, 0.05) is 32.4 Å². The van der Waals surface area contributed by atoms with Crippen LogP contribution in [-0.4, -0.2) is 47.7 Å². The molecule has 23 heavy (non-hydrogen) atoms. The molecule has 4 heteroatoms. The Labute approximate surface area is 138 Å². The predicted octanol–water partition coefficient (Wildman–Crippen LogP) is 2.72. The fourth-order valence-electron chi connectivity index (χ4n) is 3.09. The van der Waals surface area contributed by atoms with Crippen molar-refractivity contribution < 1.29 is 5.11 Å². The molecule has 1 aromatic carbocycles. The summed E-state index contributed by atoms with van der Waals surface area (Å²) in [5.41, 5.74) is 1.02. The highest BCUT2D eigenvalue weighted by Crippen LogP contribution is 2.18. The molecular formula is C19H25N3O. The minimum atomic E-state index is -0.342. The molecule has 1 aliphatic rings. The van der Waals surface area contributed by atoms with Gasteiger partial charge in [-0.05, 0) is 37.1 Å². The molecule has 4 nitrogen and oxygen atoms in total. The van der Waals surface area contributed by atoms with Crippen LogP contribution in [0.25, 0.3) is 0 Å². The van der Waals surface area contributed by atoms with Crippen LogP contribution < -0.4 is 4.90 Å². The smallest absolute Gasteiger partial charge is 0.128 e. The number of hydrogen-bond acceptors (Lipinski definition) is 4. The van der Waals surface area contributed by atoms with Crippen molar-refractivity contribution in [3.05, 3.63) is 60.3 Å². The number of aliphatic hydroxyl groups is 1. The van der Waals surface area contributed by atoms with Crippen molar-refractivity contribution in [1.82, 2.24) is 9.88 Å². The lowest BCUT2D eigenvalue weighted by molar-refractivity contribution is 0.154. The van der Waals surface area contributed by atoms with E-state index in [0.29, 0.717) is 0 Å². The molecule has 0 amide bonds. The Bertz CT molecular complexity index is 568. The summed E-state index contributed by atoms with van der Waals surface area (Å²) in [5, 5.41) is 10.2. The van der Waals surface area contributed by atoms with Crippen LogP contribution >= 0.6 is 0 Å². The van der Waals surface area contributed by atoms with Gasteiger partial charge in [-0.2, -0.15) is 0 Å². The van der Waals surface area contributed by atoms with E-state index < -0.39 is 0 Å². The highest BCUT2D eigenvalue weighted by molar-refractivity contribution is 5.38. The molecule has 0 aliphatic carbocycles. The van der Waals surface area contributed by atoms with Crippen molar-refractivity contribution in [1.29, 1.82) is 0 Å². The van der Waals surface area contributed by atoms with E-state index in [1.807, 2.05) is 48.7 Å². The molecule has 1 N–H and O–H groups in total. The fraction of sp³-hybridized carbons (Fsp3) is 0.421. The molecule has 0 saturated carbocycles. The lowest BCUT2D eigenvalue weighted by Crippen LogP contribution is -2.46. The normalized spacial score (nSPS) is 17.2. The minimum absolute atomic E-state index is 0.342. The van der Waals surface area contributed by atoms with Crippen LogP contribution in [0.1, 0.15) is 24.5 Å². The molecule has 1 atom stereocenters. The van der Waals surface area contributed by atoms with E-state index in [9.17, 15) is 5.11 Å². The first kappa shape index (κ1) is 16.0. The number of aliphatic hydroxyl groups excluding tert-OH is 1. The van der Waals surface area contributed by atoms with Crippen molar-refractivity contribution >= 4 is 5.82 Å². The summed E-state index contributed by atoms with van der Waals surface area (Å²) in [5.74, 6) is 1.08. The van der Waals surface area contributed by atoms with Crippen molar-refractivity contribution in [2.24, 2.45) is 0 Å². The molecule has 2 aromatic rings. The second-order valence-corrected chi connectivity index (χ2v) is 6.09. The van der Waals surface area contributed by atoms with E-state index in [2.05, 4.69) is 20.9 Å². The molecule has 1 saturated heterocycles. The zero-order chi connectivity index (χ0) is 15.9. The molecule has 1 aliphatic heterocycles. The maximum Gasteiger partial charge on any atom is 0.128 e. The molecule has 1 aromatic heterocycles. The van der Waals surface area contributed by atoms with Gasteiger partial charge in [0.25, 0.3) is 0 Å². The van der Waals surface area contributed by atoms with E-state index in [0.717, 1.165) is 56.9 Å². The largest absolute Gasteiger partial charge is 0.388 e. The molecule has 1 unspecified atom stereocenters. The van der Waals surface area contributed by atoms with E-state index in [4.69, 9.17) is 0 Å². The fourth-order valence-corrected chi connectivity index (χ4v) is 3.09. The van der Waals surface area contributed by atoms with Crippen LogP contribution in [-0.2, 0) is 0 Å². The molecule has 1 fully saturated rings. The van der Waals surface area contributed by atoms with Crippen molar-refractivity contribution in [3.8, 4) is 0 Å². The maximum atomic E-state index is 10.2. The first-order valence-electron chi connectivity index (χ1n) is 8.44. The Balaban J connectivity index is 1.38. The topological polar surface area (TPSA) is 39.6 Å². The molecule has 0 radical (unpaired) electrons. The first-order valence-corrected chi connectivity index (χ1v) is 8.44. The quantitative estimate of drug-likeness (QED) is 0.890. The van der Waals surface area contributed by atoms with Gasteiger partial charge in [-0.25, -0.2) is 4.98 Å². The summed E-state index contributed by atoms with van der Waals surface area (Å²) in [7, 11) is 0. The Kier molecular flexibility index (Phi) is 5.61. The standard InChI is InChI=1S/C19H25N3O/c23-18(17-7-2-1-3-8-17)9-6-12-21-13-15-22(16-14-21)19-10-4-5-11-20-19/h1-5,7-8,10-11,18,23H,6,9,12-16H2. The lowest BCUT2D eigenvalue weighted by atomic mass is 10.0. The van der Waals surface area contributed by atoms with E-state index >= 15 is 0 Å². The van der Waals surface area contributed by atoms with E-state index in [1.165, 1.54) is 0 Å². The molecule has 2 heterocycles. The average molecular weight is 311 g/mol. The Morgan fingerprint density at radius 1 is 0.957 bits per heavy atom. The first-order chi connectivity index (χ1) is 11.3. The predicted molar refractivity (Wildman–Crippen MR) is 93.5 cm³/mol. The monoisotopic (exact) mass is 311 g/mol. The van der Waals surface area contributed by atoms with Crippen molar-refractivity contribution in [2.75, 3.05) is 37.6 Å². The maximum absolute atomic E-state index is 10.2. The number of anilines is 1. The summed E-state index contributed by atoms with van der Waals surface area (Å²) >= 11 is 0. The van der Waals surface area contributed by atoms with Gasteiger partial charge in [0.2, 0.25) is 0 Å². The Morgan fingerprint density at radius 2 is 1.70 bits per heavy atom. The SMILES string of the molecule is OC(CCCN1CCN(c2ccccn2)CC1)c1ccccc1. The highest BCUT2D eigenvalue weighted by atomic mass is 16.3. The summed E-state index contributed by atoms with van der Waals surface area (Å²) in [6, 6.07) is 16.0. The zero-order valence-electron chi connectivity index (χ0n) is 13.5. The molecular weight excluding hydrogens is 286 g/mol.